The predicted molar refractivity (Wildman–Crippen MR) is 131 cm³/mol. The quantitative estimate of drug-likeness (QED) is 0.561. The van der Waals surface area contributed by atoms with E-state index in [4.69, 9.17) is 9.47 Å². The van der Waals surface area contributed by atoms with Gasteiger partial charge in [0.2, 0.25) is 0 Å². The Morgan fingerprint density at radius 1 is 1.17 bits per heavy atom. The Labute approximate surface area is 205 Å². The van der Waals surface area contributed by atoms with Crippen LogP contribution in [0.3, 0.4) is 0 Å². The van der Waals surface area contributed by atoms with E-state index in [9.17, 15) is 14.7 Å². The predicted octanol–water partition coefficient (Wildman–Crippen LogP) is 1.89. The van der Waals surface area contributed by atoms with Crippen molar-refractivity contribution in [3.05, 3.63) is 64.7 Å². The maximum Gasteiger partial charge on any atom is 0.255 e. The van der Waals surface area contributed by atoms with E-state index in [0.29, 0.717) is 49.7 Å². The molecule has 186 valence electrons. The minimum Gasteiger partial charge on any atom is -0.493 e. The molecule has 2 unspecified atom stereocenters. The first-order chi connectivity index (χ1) is 17.0. The summed E-state index contributed by atoms with van der Waals surface area (Å²) in [7, 11) is 0. The van der Waals surface area contributed by atoms with Gasteiger partial charge in [0.25, 0.3) is 11.8 Å². The van der Waals surface area contributed by atoms with Crippen LogP contribution < -0.4 is 15.4 Å². The van der Waals surface area contributed by atoms with Crippen LogP contribution >= 0.6 is 0 Å². The highest BCUT2D eigenvalue weighted by atomic mass is 16.5. The van der Waals surface area contributed by atoms with Crippen LogP contribution in [-0.2, 0) is 17.7 Å². The highest BCUT2D eigenvalue weighted by Gasteiger charge is 2.40. The van der Waals surface area contributed by atoms with Crippen molar-refractivity contribution in [3.63, 3.8) is 0 Å². The number of carbonyl (C=O) groups is 2. The molecule has 2 aromatic carbocycles. The number of amides is 2. The molecule has 8 nitrogen and oxygen atoms in total. The maximum atomic E-state index is 13.3. The van der Waals surface area contributed by atoms with Crippen LogP contribution in [0.15, 0.2) is 42.5 Å². The smallest absolute Gasteiger partial charge is 0.255 e. The molecule has 0 aliphatic carbocycles. The summed E-state index contributed by atoms with van der Waals surface area (Å²) in [5.41, 5.74) is 3.31. The molecule has 0 spiro atoms. The van der Waals surface area contributed by atoms with Gasteiger partial charge in [-0.25, -0.2) is 0 Å². The third kappa shape index (κ3) is 4.91. The van der Waals surface area contributed by atoms with Crippen molar-refractivity contribution in [2.24, 2.45) is 0 Å². The summed E-state index contributed by atoms with van der Waals surface area (Å²) in [6.07, 6.45) is 1.89. The fourth-order valence-corrected chi connectivity index (χ4v) is 5.41. The summed E-state index contributed by atoms with van der Waals surface area (Å²) in [5.74, 6) is -0.0161. The lowest BCUT2D eigenvalue weighted by Gasteiger charge is -2.34. The number of nitrogens with one attached hydrogen (secondary N) is 2. The van der Waals surface area contributed by atoms with Gasteiger partial charge in [0.05, 0.1) is 43.6 Å². The molecule has 4 atom stereocenters. The SMILES string of the molecule is CCOc1cc(C(=O)N2C3CCC2COC3)ccc1C(=O)NC[C@@H](O)[C@@H]1Cc2ccccc2CN1. The fraction of sp³-hybridized carbons (Fsp3) is 0.481. The molecular formula is C27H33N3O5. The molecule has 2 fully saturated rings. The Kier molecular flexibility index (Phi) is 7.04. The van der Waals surface area contributed by atoms with Gasteiger partial charge in [-0.15, -0.1) is 0 Å². The second-order valence-electron chi connectivity index (χ2n) is 9.52. The van der Waals surface area contributed by atoms with E-state index in [1.165, 1.54) is 11.1 Å². The van der Waals surface area contributed by atoms with Crippen molar-refractivity contribution >= 4 is 11.8 Å². The van der Waals surface area contributed by atoms with Crippen molar-refractivity contribution in [3.8, 4) is 5.75 Å². The van der Waals surface area contributed by atoms with Gasteiger partial charge in [-0.05, 0) is 55.5 Å². The Hall–Kier alpha value is -2.94. The summed E-state index contributed by atoms with van der Waals surface area (Å²) in [4.78, 5) is 28.2. The van der Waals surface area contributed by atoms with Crippen LogP contribution in [0.25, 0.3) is 0 Å². The molecule has 0 aromatic heterocycles. The van der Waals surface area contributed by atoms with Gasteiger partial charge in [0.15, 0.2) is 0 Å². The largest absolute Gasteiger partial charge is 0.493 e. The van der Waals surface area contributed by atoms with E-state index in [1.54, 1.807) is 18.2 Å². The number of morpholine rings is 1. The first kappa shape index (κ1) is 23.8. The van der Waals surface area contributed by atoms with Crippen LogP contribution in [-0.4, -0.2) is 72.4 Å². The molecule has 0 radical (unpaired) electrons. The standard InChI is InChI=1S/C27H33N3O5/c1-2-35-25-12-18(27(33)30-20-8-9-21(30)16-34-15-20)7-10-22(25)26(32)29-14-24(31)23-11-17-5-3-4-6-19(17)13-28-23/h3-7,10,12,20-21,23-24,28,31H,2,8-9,11,13-16H2,1H3,(H,29,32)/t20?,21?,23-,24+/m0/s1. The number of carbonyl (C=O) groups excluding carboxylic acids is 2. The van der Waals surface area contributed by atoms with Gasteiger partial charge in [-0.2, -0.15) is 0 Å². The molecule has 5 rings (SSSR count). The summed E-state index contributed by atoms with van der Waals surface area (Å²) in [6.45, 7) is 4.17. The highest BCUT2D eigenvalue weighted by molar-refractivity contribution is 6.00. The lowest BCUT2D eigenvalue weighted by Crippen LogP contribution is -2.49. The second-order valence-corrected chi connectivity index (χ2v) is 9.52. The van der Waals surface area contributed by atoms with Crippen molar-refractivity contribution in [2.75, 3.05) is 26.4 Å². The van der Waals surface area contributed by atoms with Gasteiger partial charge >= 0.3 is 0 Å². The number of ether oxygens (including phenoxy) is 2. The zero-order chi connectivity index (χ0) is 24.4. The number of rotatable bonds is 7. The minimum absolute atomic E-state index is 0.0483. The maximum absolute atomic E-state index is 13.3. The van der Waals surface area contributed by atoms with E-state index in [1.807, 2.05) is 24.0 Å². The monoisotopic (exact) mass is 479 g/mol. The molecule has 3 N–H and O–H groups in total. The lowest BCUT2D eigenvalue weighted by atomic mass is 9.93. The first-order valence-electron chi connectivity index (χ1n) is 12.5. The second kappa shape index (κ2) is 10.4. The van der Waals surface area contributed by atoms with Gasteiger partial charge in [-0.3, -0.25) is 9.59 Å². The average Bonchev–Trinajstić information content (AvgIpc) is 3.14. The zero-order valence-electron chi connectivity index (χ0n) is 20.0. The fourth-order valence-electron chi connectivity index (χ4n) is 5.41. The highest BCUT2D eigenvalue weighted by Crippen LogP contribution is 2.31. The van der Waals surface area contributed by atoms with Gasteiger partial charge in [0.1, 0.15) is 5.75 Å². The first-order valence-corrected chi connectivity index (χ1v) is 12.5. The van der Waals surface area contributed by atoms with Gasteiger partial charge < -0.3 is 30.1 Å². The van der Waals surface area contributed by atoms with Crippen molar-refractivity contribution in [1.82, 2.24) is 15.5 Å². The summed E-state index contributed by atoms with van der Waals surface area (Å²) in [6, 6.07) is 13.2. The van der Waals surface area contributed by atoms with Crippen LogP contribution in [0.4, 0.5) is 0 Å². The Balaban J connectivity index is 1.24. The normalized spacial score (nSPS) is 23.9. The molecule has 2 aromatic rings. The van der Waals surface area contributed by atoms with Gasteiger partial charge in [-0.1, -0.05) is 24.3 Å². The van der Waals surface area contributed by atoms with Crippen LogP contribution in [0, 0.1) is 0 Å². The number of aliphatic hydroxyl groups is 1. The van der Waals surface area contributed by atoms with Crippen molar-refractivity contribution in [2.45, 2.75) is 57.0 Å². The average molecular weight is 480 g/mol. The number of hydrogen-bond donors (Lipinski definition) is 3. The molecule has 8 heteroatoms. The van der Waals surface area contributed by atoms with Crippen molar-refractivity contribution in [1.29, 1.82) is 0 Å². The lowest BCUT2D eigenvalue weighted by molar-refractivity contribution is -0.00717. The van der Waals surface area contributed by atoms with Gasteiger partial charge in [0, 0.05) is 24.7 Å². The molecule has 2 saturated heterocycles. The molecule has 3 aliphatic rings. The molecular weight excluding hydrogens is 446 g/mol. The number of hydrogen-bond acceptors (Lipinski definition) is 6. The number of aliphatic hydroxyl groups excluding tert-OH is 1. The van der Waals surface area contributed by atoms with E-state index < -0.39 is 6.10 Å². The Morgan fingerprint density at radius 2 is 1.91 bits per heavy atom. The summed E-state index contributed by atoms with van der Waals surface area (Å²) in [5, 5.41) is 16.9. The number of benzene rings is 2. The Morgan fingerprint density at radius 3 is 2.66 bits per heavy atom. The zero-order valence-corrected chi connectivity index (χ0v) is 20.0. The molecule has 3 heterocycles. The molecule has 0 saturated carbocycles. The van der Waals surface area contributed by atoms with E-state index in [2.05, 4.69) is 22.8 Å². The number of fused-ring (bicyclic) bond motifs is 3. The minimum atomic E-state index is -0.736. The topological polar surface area (TPSA) is 100 Å². The van der Waals surface area contributed by atoms with Crippen LogP contribution in [0.2, 0.25) is 0 Å². The number of nitrogens with zero attached hydrogens (tertiary/aromatic N) is 1. The summed E-state index contributed by atoms with van der Waals surface area (Å²) < 4.78 is 11.3. The summed E-state index contributed by atoms with van der Waals surface area (Å²) >= 11 is 0. The molecule has 2 amide bonds. The molecule has 35 heavy (non-hydrogen) atoms. The third-order valence-electron chi connectivity index (χ3n) is 7.30. The van der Waals surface area contributed by atoms with Crippen LogP contribution in [0.1, 0.15) is 51.6 Å². The van der Waals surface area contributed by atoms with Crippen molar-refractivity contribution < 1.29 is 24.2 Å². The van der Waals surface area contributed by atoms with Crippen LogP contribution in [0.5, 0.6) is 5.75 Å². The third-order valence-corrected chi connectivity index (χ3v) is 7.30. The van der Waals surface area contributed by atoms with E-state index in [-0.39, 0.29) is 36.5 Å². The van der Waals surface area contributed by atoms with E-state index in [0.717, 1.165) is 12.8 Å². The van der Waals surface area contributed by atoms with E-state index >= 15 is 0 Å². The molecule has 3 aliphatic heterocycles. The molecule has 2 bridgehead atoms. The Bertz CT molecular complexity index is 1070.